The number of amides is 3. The normalized spacial score (nSPS) is 14.9. The van der Waals surface area contributed by atoms with Gasteiger partial charge in [-0.15, -0.1) is 0 Å². The molecule has 0 bridgehead atoms. The zero-order valence-electron chi connectivity index (χ0n) is 19.0. The van der Waals surface area contributed by atoms with Crippen molar-refractivity contribution < 1.29 is 28.6 Å². The molecule has 3 rings (SSSR count). The standard InChI is InChI=1S/C23H26N4O6S/c1-31-17-9-15(10-18(32-2)20(17)33-3)21(29)24-23(34)26-25-22(30)16-11-19(28)27(13-16)12-14-7-5-4-6-8-14/h4-10,16H,11-13H2,1-3H3,(H,25,30)(H2,24,26,29,34). The first-order valence-electron chi connectivity index (χ1n) is 10.4. The zero-order valence-corrected chi connectivity index (χ0v) is 19.9. The molecule has 0 aliphatic carbocycles. The van der Waals surface area contributed by atoms with E-state index in [0.29, 0.717) is 30.3 Å². The Morgan fingerprint density at radius 2 is 1.68 bits per heavy atom. The van der Waals surface area contributed by atoms with Crippen molar-refractivity contribution in [2.45, 2.75) is 13.0 Å². The molecule has 2 aromatic rings. The first kappa shape index (κ1) is 24.8. The van der Waals surface area contributed by atoms with E-state index in [1.807, 2.05) is 30.3 Å². The molecule has 1 unspecified atom stereocenters. The number of benzene rings is 2. The van der Waals surface area contributed by atoms with Crippen LogP contribution >= 0.6 is 12.2 Å². The molecule has 1 atom stereocenters. The SMILES string of the molecule is COc1cc(C(=O)NC(=S)NNC(=O)C2CC(=O)N(Cc3ccccc3)C2)cc(OC)c1OC. The van der Waals surface area contributed by atoms with Gasteiger partial charge in [0.25, 0.3) is 5.91 Å². The number of hydrazine groups is 1. The Labute approximate surface area is 202 Å². The van der Waals surface area contributed by atoms with Crippen molar-refractivity contribution in [1.82, 2.24) is 21.1 Å². The maximum atomic E-state index is 12.6. The molecular formula is C23H26N4O6S. The van der Waals surface area contributed by atoms with E-state index < -0.39 is 17.7 Å². The zero-order chi connectivity index (χ0) is 24.7. The molecule has 0 spiro atoms. The molecule has 0 aromatic heterocycles. The average Bonchev–Trinajstić information content (AvgIpc) is 3.22. The second-order valence-electron chi connectivity index (χ2n) is 7.47. The van der Waals surface area contributed by atoms with Crippen LogP contribution in [0.15, 0.2) is 42.5 Å². The van der Waals surface area contributed by atoms with E-state index in [4.69, 9.17) is 26.4 Å². The predicted molar refractivity (Wildman–Crippen MR) is 127 cm³/mol. The molecule has 1 fully saturated rings. The van der Waals surface area contributed by atoms with Crippen LogP contribution in [0, 0.1) is 5.92 Å². The number of nitrogens with zero attached hydrogens (tertiary/aromatic N) is 1. The molecule has 0 saturated carbocycles. The second-order valence-corrected chi connectivity index (χ2v) is 7.88. The summed E-state index contributed by atoms with van der Waals surface area (Å²) in [7, 11) is 4.34. The topological polar surface area (TPSA) is 118 Å². The number of nitrogens with one attached hydrogen (secondary N) is 3. The Morgan fingerprint density at radius 3 is 2.26 bits per heavy atom. The van der Waals surface area contributed by atoms with Gasteiger partial charge in [-0.25, -0.2) is 0 Å². The number of methoxy groups -OCH3 is 3. The van der Waals surface area contributed by atoms with Crippen molar-refractivity contribution in [3.05, 3.63) is 53.6 Å². The fourth-order valence-electron chi connectivity index (χ4n) is 3.54. The van der Waals surface area contributed by atoms with E-state index >= 15 is 0 Å². The number of ether oxygens (including phenoxy) is 3. The average molecular weight is 487 g/mol. The lowest BCUT2D eigenvalue weighted by Gasteiger charge is -2.17. The van der Waals surface area contributed by atoms with Gasteiger partial charge in [-0.05, 0) is 29.9 Å². The van der Waals surface area contributed by atoms with Gasteiger partial charge in [0.05, 0.1) is 27.2 Å². The number of carbonyl (C=O) groups excluding carboxylic acids is 3. The predicted octanol–water partition coefficient (Wildman–Crippen LogP) is 1.40. The van der Waals surface area contributed by atoms with Gasteiger partial charge in [-0.1, -0.05) is 30.3 Å². The van der Waals surface area contributed by atoms with Crippen molar-refractivity contribution in [3.8, 4) is 17.2 Å². The first-order valence-corrected chi connectivity index (χ1v) is 10.8. The van der Waals surface area contributed by atoms with Crippen LogP contribution in [0.4, 0.5) is 0 Å². The van der Waals surface area contributed by atoms with Crippen molar-refractivity contribution in [3.63, 3.8) is 0 Å². The summed E-state index contributed by atoms with van der Waals surface area (Å²) in [4.78, 5) is 39.1. The molecule has 10 nitrogen and oxygen atoms in total. The van der Waals surface area contributed by atoms with E-state index in [9.17, 15) is 14.4 Å². The number of thiocarbonyl (C=S) groups is 1. The molecule has 11 heteroatoms. The molecule has 3 N–H and O–H groups in total. The Kier molecular flexibility index (Phi) is 8.25. The summed E-state index contributed by atoms with van der Waals surface area (Å²) in [6, 6.07) is 12.5. The van der Waals surface area contributed by atoms with Gasteiger partial charge in [0.1, 0.15) is 0 Å². The molecular weight excluding hydrogens is 460 g/mol. The lowest BCUT2D eigenvalue weighted by molar-refractivity contribution is -0.129. The highest BCUT2D eigenvalue weighted by atomic mass is 32.1. The van der Waals surface area contributed by atoms with Gasteiger partial charge in [-0.2, -0.15) is 0 Å². The fraction of sp³-hybridized carbons (Fsp3) is 0.304. The molecule has 34 heavy (non-hydrogen) atoms. The lowest BCUT2D eigenvalue weighted by Crippen LogP contribution is -2.50. The molecule has 1 saturated heterocycles. The van der Waals surface area contributed by atoms with E-state index in [1.165, 1.54) is 33.5 Å². The molecule has 3 amide bonds. The van der Waals surface area contributed by atoms with Gasteiger partial charge in [0.2, 0.25) is 17.6 Å². The highest BCUT2D eigenvalue weighted by Gasteiger charge is 2.34. The minimum Gasteiger partial charge on any atom is -0.493 e. The van der Waals surface area contributed by atoms with Crippen LogP contribution in [0.3, 0.4) is 0 Å². The van der Waals surface area contributed by atoms with Crippen molar-refractivity contribution in [1.29, 1.82) is 0 Å². The third-order valence-corrected chi connectivity index (χ3v) is 5.46. The van der Waals surface area contributed by atoms with Gasteiger partial charge in [0.15, 0.2) is 16.6 Å². The van der Waals surface area contributed by atoms with Gasteiger partial charge in [-0.3, -0.25) is 30.6 Å². The molecule has 1 aliphatic rings. The summed E-state index contributed by atoms with van der Waals surface area (Å²) in [5, 5.41) is 2.36. The summed E-state index contributed by atoms with van der Waals surface area (Å²) in [5.41, 5.74) is 6.16. The van der Waals surface area contributed by atoms with Crippen LogP contribution in [0.5, 0.6) is 17.2 Å². The van der Waals surface area contributed by atoms with E-state index in [1.54, 1.807) is 4.90 Å². The fourth-order valence-corrected chi connectivity index (χ4v) is 3.69. The van der Waals surface area contributed by atoms with Crippen LogP contribution in [0.1, 0.15) is 22.3 Å². The van der Waals surface area contributed by atoms with E-state index in [-0.39, 0.29) is 23.0 Å². The van der Waals surface area contributed by atoms with Gasteiger partial charge in [0, 0.05) is 25.1 Å². The quantitative estimate of drug-likeness (QED) is 0.397. The van der Waals surface area contributed by atoms with E-state index in [2.05, 4.69) is 16.2 Å². The van der Waals surface area contributed by atoms with Crippen LogP contribution < -0.4 is 30.4 Å². The Morgan fingerprint density at radius 1 is 1.03 bits per heavy atom. The summed E-state index contributed by atoms with van der Waals surface area (Å²) in [6.07, 6.45) is 0.102. The number of carbonyl (C=O) groups is 3. The Balaban J connectivity index is 1.52. The van der Waals surface area contributed by atoms with Gasteiger partial charge < -0.3 is 19.1 Å². The number of hydrogen-bond acceptors (Lipinski definition) is 7. The van der Waals surface area contributed by atoms with Crippen molar-refractivity contribution in [2.75, 3.05) is 27.9 Å². The maximum Gasteiger partial charge on any atom is 0.257 e. The largest absolute Gasteiger partial charge is 0.493 e. The summed E-state index contributed by atoms with van der Waals surface area (Å²) in [6.45, 7) is 0.742. The molecule has 1 aliphatic heterocycles. The summed E-state index contributed by atoms with van der Waals surface area (Å²) < 4.78 is 15.7. The molecule has 1 heterocycles. The van der Waals surface area contributed by atoms with Crippen LogP contribution in [-0.2, 0) is 16.1 Å². The van der Waals surface area contributed by atoms with Gasteiger partial charge >= 0.3 is 0 Å². The van der Waals surface area contributed by atoms with Crippen LogP contribution in [-0.4, -0.2) is 55.6 Å². The summed E-state index contributed by atoms with van der Waals surface area (Å²) >= 11 is 5.11. The highest BCUT2D eigenvalue weighted by Crippen LogP contribution is 2.38. The third kappa shape index (κ3) is 5.93. The molecule has 180 valence electrons. The van der Waals surface area contributed by atoms with Crippen molar-refractivity contribution >= 4 is 35.1 Å². The van der Waals surface area contributed by atoms with E-state index in [0.717, 1.165) is 5.56 Å². The monoisotopic (exact) mass is 486 g/mol. The Hall–Kier alpha value is -3.86. The van der Waals surface area contributed by atoms with Crippen LogP contribution in [0.2, 0.25) is 0 Å². The second kappa shape index (κ2) is 11.3. The number of likely N-dealkylation sites (tertiary alicyclic amines) is 1. The Bertz CT molecular complexity index is 1050. The number of rotatable bonds is 7. The first-order chi connectivity index (χ1) is 16.4. The third-order valence-electron chi connectivity index (χ3n) is 5.25. The summed E-state index contributed by atoms with van der Waals surface area (Å²) in [5.74, 6) is -0.596. The molecule has 0 radical (unpaired) electrons. The minimum atomic E-state index is -0.545. The highest BCUT2D eigenvalue weighted by molar-refractivity contribution is 7.80. The maximum absolute atomic E-state index is 12.6. The minimum absolute atomic E-state index is 0.0951. The number of hydrogen-bond donors (Lipinski definition) is 3. The molecule has 2 aromatic carbocycles. The van der Waals surface area contributed by atoms with Crippen LogP contribution in [0.25, 0.3) is 0 Å². The smallest absolute Gasteiger partial charge is 0.257 e. The lowest BCUT2D eigenvalue weighted by atomic mass is 10.1. The van der Waals surface area contributed by atoms with Crippen molar-refractivity contribution in [2.24, 2.45) is 5.92 Å².